The van der Waals surface area contributed by atoms with Crippen LogP contribution in [0.5, 0.6) is 0 Å². The van der Waals surface area contributed by atoms with Gasteiger partial charge in [-0.05, 0) is 24.1 Å². The van der Waals surface area contributed by atoms with Crippen molar-refractivity contribution in [1.82, 2.24) is 9.88 Å². The van der Waals surface area contributed by atoms with Crippen molar-refractivity contribution in [2.45, 2.75) is 32.9 Å². The first kappa shape index (κ1) is 14.8. The summed E-state index contributed by atoms with van der Waals surface area (Å²) in [5.41, 5.74) is 0.131. The predicted molar refractivity (Wildman–Crippen MR) is 84.1 cm³/mol. The van der Waals surface area contributed by atoms with E-state index in [-0.39, 0.29) is 5.41 Å². The Balaban J connectivity index is 2.11. The third-order valence-electron chi connectivity index (χ3n) is 3.64. The summed E-state index contributed by atoms with van der Waals surface area (Å²) in [5, 5.41) is 10.9. The van der Waals surface area contributed by atoms with Gasteiger partial charge in [0.15, 0.2) is 5.72 Å². The van der Waals surface area contributed by atoms with Crippen molar-refractivity contribution in [2.24, 2.45) is 5.41 Å². The quantitative estimate of drug-likeness (QED) is 0.868. The van der Waals surface area contributed by atoms with Gasteiger partial charge in [0.25, 0.3) is 0 Å². The molecule has 1 aromatic rings. The number of hydrogen-bond donors (Lipinski definition) is 1. The summed E-state index contributed by atoms with van der Waals surface area (Å²) >= 11 is 6.96. The number of rotatable bonds is 3. The Labute approximate surface area is 124 Å². The highest BCUT2D eigenvalue weighted by Crippen LogP contribution is 2.43. The fourth-order valence-corrected chi connectivity index (χ4v) is 3.89. The van der Waals surface area contributed by atoms with Crippen molar-refractivity contribution >= 4 is 28.3 Å². The van der Waals surface area contributed by atoms with Crippen LogP contribution in [0.2, 0.25) is 0 Å². The van der Waals surface area contributed by atoms with Crippen LogP contribution in [0.3, 0.4) is 0 Å². The summed E-state index contributed by atoms with van der Waals surface area (Å²) < 4.78 is 0.798. The van der Waals surface area contributed by atoms with E-state index in [9.17, 15) is 5.11 Å². The second-order valence-corrected chi connectivity index (χ2v) is 7.49. The molecular weight excluding hydrogens is 276 g/mol. The molecule has 0 bridgehead atoms. The molecule has 19 heavy (non-hydrogen) atoms. The molecule has 3 nitrogen and oxygen atoms in total. The lowest BCUT2D eigenvalue weighted by Crippen LogP contribution is -2.56. The zero-order valence-corrected chi connectivity index (χ0v) is 13.2. The molecule has 0 radical (unpaired) electrons. The summed E-state index contributed by atoms with van der Waals surface area (Å²) in [5.74, 6) is 0.645. The fraction of sp³-hybridized carbons (Fsp3) is 0.571. The third kappa shape index (κ3) is 2.93. The first-order chi connectivity index (χ1) is 8.84. The lowest BCUT2D eigenvalue weighted by molar-refractivity contribution is -0.122. The highest BCUT2D eigenvalue weighted by atomic mass is 32.2. The zero-order valence-electron chi connectivity index (χ0n) is 11.6. The molecule has 1 N–H and O–H groups in total. The largest absolute Gasteiger partial charge is 0.369 e. The highest BCUT2D eigenvalue weighted by Gasteiger charge is 2.50. The van der Waals surface area contributed by atoms with Crippen molar-refractivity contribution < 1.29 is 5.11 Å². The normalized spacial score (nSPS) is 24.0. The van der Waals surface area contributed by atoms with Crippen molar-refractivity contribution in [3.63, 3.8) is 0 Å². The van der Waals surface area contributed by atoms with Crippen LogP contribution in [0.15, 0.2) is 24.5 Å². The van der Waals surface area contributed by atoms with Crippen LogP contribution in [0.4, 0.5) is 0 Å². The Bertz CT molecular complexity index is 458. The minimum atomic E-state index is -0.859. The van der Waals surface area contributed by atoms with Crippen LogP contribution in [0.1, 0.15) is 26.3 Å². The molecule has 104 valence electrons. The lowest BCUT2D eigenvalue weighted by Gasteiger charge is -2.43. The summed E-state index contributed by atoms with van der Waals surface area (Å²) in [6.07, 6.45) is 4.45. The Morgan fingerprint density at radius 1 is 1.42 bits per heavy atom. The molecule has 1 aromatic heterocycles. The monoisotopic (exact) mass is 296 g/mol. The van der Waals surface area contributed by atoms with E-state index in [4.69, 9.17) is 12.2 Å². The van der Waals surface area contributed by atoms with E-state index in [2.05, 4.69) is 25.8 Å². The van der Waals surface area contributed by atoms with Gasteiger partial charge in [-0.1, -0.05) is 44.8 Å². The molecule has 2 rings (SSSR count). The highest BCUT2D eigenvalue weighted by molar-refractivity contribution is 8.23. The standard InChI is InChI=1S/C14H20N2OS2/c1-13(2,3)14(17)10-19-12(18)16(14)9-6-11-4-7-15-8-5-11/h4-5,7-8,17H,6,9-10H2,1-3H3. The summed E-state index contributed by atoms with van der Waals surface area (Å²) in [6.45, 7) is 6.91. The Morgan fingerprint density at radius 3 is 2.63 bits per heavy atom. The molecule has 1 aliphatic heterocycles. The minimum absolute atomic E-state index is 0.223. The van der Waals surface area contributed by atoms with E-state index in [1.807, 2.05) is 17.0 Å². The van der Waals surface area contributed by atoms with Gasteiger partial charge in [0.2, 0.25) is 0 Å². The number of pyridine rings is 1. The first-order valence-corrected chi connectivity index (χ1v) is 7.80. The predicted octanol–water partition coefficient (Wildman–Crippen LogP) is 2.69. The fourth-order valence-electron chi connectivity index (χ4n) is 2.16. The molecule has 1 saturated heterocycles. The van der Waals surface area contributed by atoms with E-state index in [1.54, 1.807) is 24.2 Å². The molecule has 0 saturated carbocycles. The Hall–Kier alpha value is -0.650. The molecular formula is C14H20N2OS2. The van der Waals surface area contributed by atoms with Crippen LogP contribution in [0.25, 0.3) is 0 Å². The number of nitrogens with zero attached hydrogens (tertiary/aromatic N) is 2. The number of aromatic nitrogens is 1. The van der Waals surface area contributed by atoms with Gasteiger partial charge in [0.1, 0.15) is 4.32 Å². The Kier molecular flexibility index (Phi) is 4.18. The van der Waals surface area contributed by atoms with Gasteiger partial charge in [-0.2, -0.15) is 0 Å². The molecule has 1 aliphatic rings. The number of thiocarbonyl (C=S) groups is 1. The van der Waals surface area contributed by atoms with E-state index in [0.29, 0.717) is 5.75 Å². The van der Waals surface area contributed by atoms with Crippen LogP contribution < -0.4 is 0 Å². The van der Waals surface area contributed by atoms with Gasteiger partial charge in [-0.15, -0.1) is 0 Å². The second kappa shape index (κ2) is 5.38. The molecule has 0 spiro atoms. The van der Waals surface area contributed by atoms with Gasteiger partial charge < -0.3 is 10.0 Å². The third-order valence-corrected chi connectivity index (χ3v) is 5.23. The second-order valence-electron chi connectivity index (χ2n) is 5.88. The SMILES string of the molecule is CC(C)(C)C1(O)CSC(=S)N1CCc1ccncc1. The van der Waals surface area contributed by atoms with Gasteiger partial charge in [0, 0.05) is 30.1 Å². The maximum Gasteiger partial charge on any atom is 0.153 e. The maximum atomic E-state index is 10.9. The van der Waals surface area contributed by atoms with Crippen LogP contribution >= 0.6 is 24.0 Å². The summed E-state index contributed by atoms with van der Waals surface area (Å²) in [6, 6.07) is 4.00. The smallest absolute Gasteiger partial charge is 0.153 e. The topological polar surface area (TPSA) is 36.4 Å². The maximum absolute atomic E-state index is 10.9. The van der Waals surface area contributed by atoms with Crippen molar-refractivity contribution in [3.8, 4) is 0 Å². The average Bonchev–Trinajstić information content (AvgIpc) is 2.65. The average molecular weight is 296 g/mol. The van der Waals surface area contributed by atoms with Crippen molar-refractivity contribution in [1.29, 1.82) is 0 Å². The molecule has 2 heterocycles. The number of thioether (sulfide) groups is 1. The number of aliphatic hydroxyl groups is 1. The minimum Gasteiger partial charge on any atom is -0.369 e. The first-order valence-electron chi connectivity index (χ1n) is 6.40. The van der Waals surface area contributed by atoms with E-state index < -0.39 is 5.72 Å². The van der Waals surface area contributed by atoms with Gasteiger partial charge in [0.05, 0.1) is 0 Å². The summed E-state index contributed by atoms with van der Waals surface area (Å²) in [4.78, 5) is 5.99. The van der Waals surface area contributed by atoms with Crippen molar-refractivity contribution in [2.75, 3.05) is 12.3 Å². The van der Waals surface area contributed by atoms with Crippen LogP contribution in [0, 0.1) is 5.41 Å². The van der Waals surface area contributed by atoms with Gasteiger partial charge in [-0.3, -0.25) is 4.98 Å². The van der Waals surface area contributed by atoms with Crippen LogP contribution in [-0.4, -0.2) is 37.3 Å². The van der Waals surface area contributed by atoms with E-state index in [1.165, 1.54) is 5.56 Å². The molecule has 0 amide bonds. The number of hydrogen-bond acceptors (Lipinski definition) is 4. The molecule has 0 aliphatic carbocycles. The Morgan fingerprint density at radius 2 is 2.05 bits per heavy atom. The van der Waals surface area contributed by atoms with Crippen LogP contribution in [-0.2, 0) is 6.42 Å². The molecule has 5 heteroatoms. The van der Waals surface area contributed by atoms with E-state index >= 15 is 0 Å². The zero-order chi connectivity index (χ0) is 14.1. The molecule has 1 unspecified atom stereocenters. The van der Waals surface area contributed by atoms with Gasteiger partial charge in [-0.25, -0.2) is 0 Å². The summed E-state index contributed by atoms with van der Waals surface area (Å²) in [7, 11) is 0. The molecule has 1 atom stereocenters. The molecule has 0 aromatic carbocycles. The lowest BCUT2D eigenvalue weighted by atomic mass is 9.83. The van der Waals surface area contributed by atoms with Crippen molar-refractivity contribution in [3.05, 3.63) is 30.1 Å². The van der Waals surface area contributed by atoms with E-state index in [0.717, 1.165) is 17.3 Å². The molecule has 1 fully saturated rings. The van der Waals surface area contributed by atoms with Gasteiger partial charge >= 0.3 is 0 Å².